The summed E-state index contributed by atoms with van der Waals surface area (Å²) >= 11 is 0. The molecule has 0 aliphatic carbocycles. The maximum Gasteiger partial charge on any atom is 0.107 e. The van der Waals surface area contributed by atoms with Gasteiger partial charge in [0.1, 0.15) is 5.72 Å². The predicted molar refractivity (Wildman–Crippen MR) is 37.8 cm³/mol. The third kappa shape index (κ3) is 18900. The van der Waals surface area contributed by atoms with E-state index in [0.717, 1.165) is 0 Å². The molecule has 0 saturated carbocycles. The normalized spacial score (nSPS) is 10.7. The molecule has 3 heteroatoms. The van der Waals surface area contributed by atoms with E-state index in [4.69, 9.17) is 15.9 Å². The van der Waals surface area contributed by atoms with Crippen molar-refractivity contribution < 1.29 is 10.2 Å². The van der Waals surface area contributed by atoms with Crippen molar-refractivity contribution in [3.63, 3.8) is 0 Å². The molecule has 9 heavy (non-hydrogen) atoms. The summed E-state index contributed by atoms with van der Waals surface area (Å²) in [7, 11) is 0. The summed E-state index contributed by atoms with van der Waals surface area (Å²) in [4.78, 5) is 0. The van der Waals surface area contributed by atoms with Crippen molar-refractivity contribution in [2.45, 2.75) is 39.5 Å². The predicted octanol–water partition coefficient (Wildman–Crippen LogP) is 0.0606. The zero-order valence-corrected chi connectivity index (χ0v) is 6.55. The van der Waals surface area contributed by atoms with Crippen LogP contribution >= 0.6 is 0 Å². The molecule has 0 aromatic heterocycles. The second kappa shape index (κ2) is 4.73. The van der Waals surface area contributed by atoms with E-state index in [9.17, 15) is 0 Å². The van der Waals surface area contributed by atoms with Gasteiger partial charge in [-0.1, -0.05) is 0 Å². The van der Waals surface area contributed by atoms with Gasteiger partial charge in [-0.05, 0) is 27.7 Å². The van der Waals surface area contributed by atoms with Crippen molar-refractivity contribution in [2.75, 3.05) is 0 Å². The van der Waals surface area contributed by atoms with Crippen molar-refractivity contribution in [1.82, 2.24) is 0 Å². The highest BCUT2D eigenvalue weighted by atomic mass is 16.3. The van der Waals surface area contributed by atoms with E-state index in [2.05, 4.69) is 0 Å². The molecule has 0 atom stereocenters. The van der Waals surface area contributed by atoms with Gasteiger partial charge < -0.3 is 15.9 Å². The summed E-state index contributed by atoms with van der Waals surface area (Å²) in [5, 5.41) is 16.4. The molecule has 0 unspecified atom stereocenters. The topological polar surface area (TPSA) is 66.5 Å². The van der Waals surface area contributed by atoms with Crippen LogP contribution in [0.1, 0.15) is 27.7 Å². The highest BCUT2D eigenvalue weighted by Gasteiger charge is 1.98. The van der Waals surface area contributed by atoms with E-state index in [1.807, 2.05) is 0 Å². The maximum atomic E-state index is 8.30. The molecule has 0 saturated heterocycles. The molecule has 0 fully saturated rings. The molecule has 0 aliphatic rings. The van der Waals surface area contributed by atoms with E-state index in [0.29, 0.717) is 0 Å². The molecular formula is C6H17NO2. The molecule has 4 N–H and O–H groups in total. The summed E-state index contributed by atoms with van der Waals surface area (Å²) in [5.41, 5.74) is 3.91. The Morgan fingerprint density at radius 1 is 1.33 bits per heavy atom. The Labute approximate surface area is 56.5 Å². The van der Waals surface area contributed by atoms with Gasteiger partial charge in [-0.3, -0.25) is 0 Å². The minimum absolute atomic E-state index is 0.167. The lowest BCUT2D eigenvalue weighted by atomic mass is 10.4. The van der Waals surface area contributed by atoms with E-state index < -0.39 is 5.72 Å². The summed E-state index contributed by atoms with van der Waals surface area (Å²) < 4.78 is 0. The second-order valence-electron chi connectivity index (χ2n) is 2.75. The van der Waals surface area contributed by atoms with Gasteiger partial charge in [-0.2, -0.15) is 0 Å². The van der Waals surface area contributed by atoms with Gasteiger partial charge >= 0.3 is 0 Å². The van der Waals surface area contributed by atoms with Gasteiger partial charge in [0.15, 0.2) is 0 Å². The smallest absolute Gasteiger partial charge is 0.107 e. The van der Waals surface area contributed by atoms with Gasteiger partial charge in [0.25, 0.3) is 0 Å². The molecule has 0 aromatic rings. The van der Waals surface area contributed by atoms with E-state index in [-0.39, 0.29) is 6.10 Å². The quantitative estimate of drug-likeness (QED) is 0.411. The minimum atomic E-state index is -1.00. The van der Waals surface area contributed by atoms with Crippen LogP contribution in [0.2, 0.25) is 0 Å². The molecule has 58 valence electrons. The maximum absolute atomic E-state index is 8.30. The van der Waals surface area contributed by atoms with Crippen LogP contribution in [0.3, 0.4) is 0 Å². The number of hydrogen-bond donors (Lipinski definition) is 3. The van der Waals surface area contributed by atoms with Crippen molar-refractivity contribution in [3.8, 4) is 0 Å². The van der Waals surface area contributed by atoms with Gasteiger partial charge in [0.2, 0.25) is 0 Å². The largest absolute Gasteiger partial charge is 0.394 e. The fourth-order valence-electron chi connectivity index (χ4n) is 0. The molecule has 0 aromatic carbocycles. The molecule has 0 bridgehead atoms. The number of aliphatic hydroxyl groups is 2. The fourth-order valence-corrected chi connectivity index (χ4v) is 0. The average molecular weight is 135 g/mol. The fraction of sp³-hybridized carbons (Fsp3) is 1.00. The first-order valence-corrected chi connectivity index (χ1v) is 2.93. The first-order chi connectivity index (χ1) is 3.73. The Balaban J connectivity index is 0. The van der Waals surface area contributed by atoms with Crippen LogP contribution in [0.15, 0.2) is 0 Å². The van der Waals surface area contributed by atoms with Gasteiger partial charge in [-0.15, -0.1) is 0 Å². The van der Waals surface area contributed by atoms with Gasteiger partial charge in [0, 0.05) is 6.10 Å². The molecule has 3 nitrogen and oxygen atoms in total. The van der Waals surface area contributed by atoms with Crippen LogP contribution in [0.4, 0.5) is 0 Å². The summed E-state index contributed by atoms with van der Waals surface area (Å²) in [6.07, 6.45) is -0.167. The van der Waals surface area contributed by atoms with Crippen LogP contribution in [-0.2, 0) is 0 Å². The van der Waals surface area contributed by atoms with Crippen LogP contribution < -0.4 is 5.73 Å². The van der Waals surface area contributed by atoms with Crippen LogP contribution in [0, 0.1) is 0 Å². The molecular weight excluding hydrogens is 118 g/mol. The van der Waals surface area contributed by atoms with Crippen LogP contribution in [-0.4, -0.2) is 22.0 Å². The molecule has 0 rings (SSSR count). The zero-order chi connectivity index (χ0) is 8.08. The second-order valence-corrected chi connectivity index (χ2v) is 2.75. The SMILES string of the molecule is CC(C)(N)O.CC(C)O. The number of aliphatic hydroxyl groups excluding tert-OH is 1. The first kappa shape index (κ1) is 11.6. The Hall–Kier alpha value is -0.120. The van der Waals surface area contributed by atoms with Crippen molar-refractivity contribution in [2.24, 2.45) is 5.73 Å². The Kier molecular flexibility index (Phi) is 6.12. The van der Waals surface area contributed by atoms with Crippen LogP contribution in [0.5, 0.6) is 0 Å². The molecule has 0 heterocycles. The first-order valence-electron chi connectivity index (χ1n) is 2.93. The number of rotatable bonds is 0. The van der Waals surface area contributed by atoms with E-state index in [1.165, 1.54) is 13.8 Å². The highest BCUT2D eigenvalue weighted by molar-refractivity contribution is 4.47. The van der Waals surface area contributed by atoms with Crippen LogP contribution in [0.25, 0.3) is 0 Å². The van der Waals surface area contributed by atoms with E-state index in [1.54, 1.807) is 13.8 Å². The number of nitrogens with two attached hydrogens (primary N) is 1. The number of hydrogen-bond acceptors (Lipinski definition) is 3. The van der Waals surface area contributed by atoms with Crippen molar-refractivity contribution in [3.05, 3.63) is 0 Å². The third-order valence-electron chi connectivity index (χ3n) is 0. The molecule has 0 spiro atoms. The van der Waals surface area contributed by atoms with E-state index >= 15 is 0 Å². The molecule has 0 aliphatic heterocycles. The van der Waals surface area contributed by atoms with Gasteiger partial charge in [-0.25, -0.2) is 0 Å². The Morgan fingerprint density at radius 2 is 1.33 bits per heavy atom. The molecule has 0 radical (unpaired) electrons. The summed E-state index contributed by atoms with van der Waals surface area (Å²) in [5.74, 6) is 0. The van der Waals surface area contributed by atoms with Crippen molar-refractivity contribution >= 4 is 0 Å². The summed E-state index contributed by atoms with van der Waals surface area (Å²) in [6.45, 7) is 6.49. The lowest BCUT2D eigenvalue weighted by Crippen LogP contribution is -2.30. The van der Waals surface area contributed by atoms with Crippen molar-refractivity contribution in [1.29, 1.82) is 0 Å². The Morgan fingerprint density at radius 3 is 1.33 bits per heavy atom. The lowest BCUT2D eigenvalue weighted by molar-refractivity contribution is 0.0881. The zero-order valence-electron chi connectivity index (χ0n) is 6.55. The Bertz CT molecular complexity index is 47.8. The average Bonchev–Trinajstić information content (AvgIpc) is 1.19. The summed E-state index contributed by atoms with van der Waals surface area (Å²) in [6, 6.07) is 0. The third-order valence-corrected chi connectivity index (χ3v) is 0. The monoisotopic (exact) mass is 135 g/mol. The minimum Gasteiger partial charge on any atom is -0.394 e. The standard InChI is InChI=1S/C3H9NO.C3H8O/c1-3(2,4)5;1-3(2)4/h5H,4H2,1-2H3;3-4H,1-2H3. The van der Waals surface area contributed by atoms with Gasteiger partial charge in [0.05, 0.1) is 0 Å². The highest BCUT2D eigenvalue weighted by Crippen LogP contribution is 1.82. The molecule has 0 amide bonds. The lowest BCUT2D eigenvalue weighted by Gasteiger charge is -2.05.